The number of benzene rings is 2. The molecule has 0 spiro atoms. The topological polar surface area (TPSA) is 57.7 Å². The quantitative estimate of drug-likeness (QED) is 0.778. The van der Waals surface area contributed by atoms with Gasteiger partial charge in [-0.1, -0.05) is 17.7 Å². The lowest BCUT2D eigenvalue weighted by Gasteiger charge is -2.35. The Morgan fingerprint density at radius 1 is 1.22 bits per heavy atom. The van der Waals surface area contributed by atoms with Gasteiger partial charge < -0.3 is 4.90 Å². The molecular weight excluding hydrogens is 391 g/mol. The van der Waals surface area contributed by atoms with Crippen LogP contribution in [0.2, 0.25) is 5.02 Å². The molecule has 1 unspecified atom stereocenters. The minimum Gasteiger partial charge on any atom is -0.332 e. The summed E-state index contributed by atoms with van der Waals surface area (Å²) in [6, 6.07) is 8.51. The van der Waals surface area contributed by atoms with E-state index in [2.05, 4.69) is 0 Å². The number of carbonyl (C=O) groups excluding carboxylic acids is 1. The Morgan fingerprint density at radius 3 is 2.59 bits per heavy atom. The predicted octanol–water partition coefficient (Wildman–Crippen LogP) is 3.49. The van der Waals surface area contributed by atoms with Crippen molar-refractivity contribution in [3.8, 4) is 0 Å². The van der Waals surface area contributed by atoms with Crippen molar-refractivity contribution in [2.24, 2.45) is 0 Å². The van der Waals surface area contributed by atoms with E-state index in [-0.39, 0.29) is 33.2 Å². The van der Waals surface area contributed by atoms with E-state index in [9.17, 15) is 17.6 Å². The second-order valence-electron chi connectivity index (χ2n) is 6.70. The van der Waals surface area contributed by atoms with Crippen LogP contribution in [0.5, 0.6) is 0 Å². The van der Waals surface area contributed by atoms with Gasteiger partial charge in [0.25, 0.3) is 5.91 Å². The molecule has 1 aliphatic heterocycles. The molecule has 0 fully saturated rings. The number of nitrogens with zero attached hydrogens (tertiary/aromatic N) is 2. The van der Waals surface area contributed by atoms with E-state index >= 15 is 0 Å². The zero-order chi connectivity index (χ0) is 19.9. The normalized spacial score (nSPS) is 17.1. The van der Waals surface area contributed by atoms with Gasteiger partial charge in [-0.15, -0.1) is 0 Å². The van der Waals surface area contributed by atoms with E-state index in [4.69, 9.17) is 11.6 Å². The third-order valence-electron chi connectivity index (χ3n) is 4.85. The van der Waals surface area contributed by atoms with Crippen LogP contribution in [0.4, 0.5) is 4.39 Å². The van der Waals surface area contributed by atoms with Gasteiger partial charge in [-0.05, 0) is 54.8 Å². The van der Waals surface area contributed by atoms with Gasteiger partial charge in [-0.25, -0.2) is 17.1 Å². The van der Waals surface area contributed by atoms with Crippen LogP contribution in [-0.2, 0) is 16.4 Å². The lowest BCUT2D eigenvalue weighted by atomic mass is 9.93. The van der Waals surface area contributed by atoms with Gasteiger partial charge in [0.15, 0.2) is 0 Å². The molecular formula is C19H20ClFN2O3S. The van der Waals surface area contributed by atoms with E-state index in [0.29, 0.717) is 13.0 Å². The lowest BCUT2D eigenvalue weighted by molar-refractivity contribution is 0.0677. The molecule has 0 aromatic heterocycles. The van der Waals surface area contributed by atoms with Crippen molar-refractivity contribution >= 4 is 27.5 Å². The standard InChI is InChI=1S/C19H20ClFN2O3S/c1-12-16-11-15(21)6-4-13(16)8-9-23(12)19(24)14-5-7-17(20)18(10-14)27(25,26)22(2)3/h4-7,10-12H,8-9H2,1-3H3. The molecule has 5 nitrogen and oxygen atoms in total. The Bertz CT molecular complexity index is 1010. The first-order valence-electron chi connectivity index (χ1n) is 8.44. The van der Waals surface area contributed by atoms with E-state index < -0.39 is 10.0 Å². The van der Waals surface area contributed by atoms with Crippen molar-refractivity contribution in [3.63, 3.8) is 0 Å². The highest BCUT2D eigenvalue weighted by atomic mass is 35.5. The zero-order valence-corrected chi connectivity index (χ0v) is 16.8. The molecule has 2 aromatic carbocycles. The molecule has 0 saturated carbocycles. The second-order valence-corrected chi connectivity index (χ2v) is 9.23. The van der Waals surface area contributed by atoms with Crippen molar-refractivity contribution < 1.29 is 17.6 Å². The maximum Gasteiger partial charge on any atom is 0.254 e. The van der Waals surface area contributed by atoms with Gasteiger partial charge in [0.05, 0.1) is 11.1 Å². The van der Waals surface area contributed by atoms with Crippen LogP contribution in [-0.4, -0.2) is 44.2 Å². The van der Waals surface area contributed by atoms with Crippen LogP contribution in [0.15, 0.2) is 41.3 Å². The molecule has 1 atom stereocenters. The largest absolute Gasteiger partial charge is 0.332 e. The minimum atomic E-state index is -3.78. The van der Waals surface area contributed by atoms with Crippen LogP contribution in [0.25, 0.3) is 0 Å². The Labute approximate surface area is 163 Å². The van der Waals surface area contributed by atoms with Crippen LogP contribution in [0.1, 0.15) is 34.5 Å². The van der Waals surface area contributed by atoms with Crippen molar-refractivity contribution in [1.82, 2.24) is 9.21 Å². The molecule has 1 aliphatic rings. The summed E-state index contributed by atoms with van der Waals surface area (Å²) in [4.78, 5) is 14.6. The first-order chi connectivity index (χ1) is 12.6. The fourth-order valence-electron chi connectivity index (χ4n) is 3.26. The summed E-state index contributed by atoms with van der Waals surface area (Å²) in [6.45, 7) is 2.31. The van der Waals surface area contributed by atoms with Gasteiger partial charge in [0.1, 0.15) is 10.7 Å². The number of hydrogen-bond acceptors (Lipinski definition) is 3. The molecule has 1 heterocycles. The first kappa shape index (κ1) is 19.8. The van der Waals surface area contributed by atoms with Crippen molar-refractivity contribution in [3.05, 3.63) is 63.9 Å². The zero-order valence-electron chi connectivity index (χ0n) is 15.2. The fraction of sp³-hybridized carbons (Fsp3) is 0.316. The molecule has 8 heteroatoms. The molecule has 0 saturated heterocycles. The molecule has 0 bridgehead atoms. The van der Waals surface area contributed by atoms with Crippen LogP contribution >= 0.6 is 11.6 Å². The number of fused-ring (bicyclic) bond motifs is 1. The number of sulfonamides is 1. The average molecular weight is 411 g/mol. The Kier molecular flexibility index (Phi) is 5.29. The number of rotatable bonds is 3. The summed E-state index contributed by atoms with van der Waals surface area (Å²) in [5.74, 6) is -0.662. The molecule has 0 N–H and O–H groups in total. The maximum absolute atomic E-state index is 13.6. The van der Waals surface area contributed by atoms with E-state index in [0.717, 1.165) is 15.4 Å². The van der Waals surface area contributed by atoms with Gasteiger partial charge in [0, 0.05) is 26.2 Å². The van der Waals surface area contributed by atoms with Gasteiger partial charge in [0.2, 0.25) is 10.0 Å². The third kappa shape index (κ3) is 3.59. The summed E-state index contributed by atoms with van der Waals surface area (Å²) < 4.78 is 39.6. The number of amides is 1. The van der Waals surface area contributed by atoms with E-state index in [1.165, 1.54) is 44.4 Å². The van der Waals surface area contributed by atoms with Gasteiger partial charge in [-0.2, -0.15) is 0 Å². The number of hydrogen-bond donors (Lipinski definition) is 0. The molecule has 144 valence electrons. The van der Waals surface area contributed by atoms with Gasteiger partial charge in [-0.3, -0.25) is 4.79 Å². The monoisotopic (exact) mass is 410 g/mol. The Hall–Kier alpha value is -1.96. The summed E-state index contributed by atoms with van der Waals surface area (Å²) in [7, 11) is -0.979. The molecule has 3 rings (SSSR count). The van der Waals surface area contributed by atoms with Crippen molar-refractivity contribution in [2.45, 2.75) is 24.3 Å². The molecule has 0 radical (unpaired) electrons. The Morgan fingerprint density at radius 2 is 1.93 bits per heavy atom. The predicted molar refractivity (Wildman–Crippen MR) is 102 cm³/mol. The first-order valence-corrected chi connectivity index (χ1v) is 10.3. The summed E-state index contributed by atoms with van der Waals surface area (Å²) in [5.41, 5.74) is 2.01. The van der Waals surface area contributed by atoms with Gasteiger partial charge >= 0.3 is 0 Å². The fourth-order valence-corrected chi connectivity index (χ4v) is 4.65. The summed E-state index contributed by atoms with van der Waals surface area (Å²) in [5, 5.41) is 0.0550. The van der Waals surface area contributed by atoms with Crippen LogP contribution < -0.4 is 0 Å². The molecule has 1 amide bonds. The number of halogens is 2. The van der Waals surface area contributed by atoms with Crippen LogP contribution in [0.3, 0.4) is 0 Å². The van der Waals surface area contributed by atoms with Crippen LogP contribution in [0, 0.1) is 5.82 Å². The number of carbonyl (C=O) groups is 1. The Balaban J connectivity index is 1.98. The summed E-state index contributed by atoms with van der Waals surface area (Å²) >= 11 is 6.06. The second kappa shape index (κ2) is 7.22. The third-order valence-corrected chi connectivity index (χ3v) is 7.14. The average Bonchev–Trinajstić information content (AvgIpc) is 2.62. The molecule has 2 aromatic rings. The lowest BCUT2D eigenvalue weighted by Crippen LogP contribution is -2.39. The minimum absolute atomic E-state index is 0.0550. The van der Waals surface area contributed by atoms with E-state index in [1.54, 1.807) is 11.0 Å². The highest BCUT2D eigenvalue weighted by Crippen LogP contribution is 2.32. The highest BCUT2D eigenvalue weighted by Gasteiger charge is 2.30. The van der Waals surface area contributed by atoms with Crippen molar-refractivity contribution in [1.29, 1.82) is 0 Å². The molecule has 27 heavy (non-hydrogen) atoms. The molecule has 0 aliphatic carbocycles. The van der Waals surface area contributed by atoms with Crippen molar-refractivity contribution in [2.75, 3.05) is 20.6 Å². The highest BCUT2D eigenvalue weighted by molar-refractivity contribution is 7.89. The maximum atomic E-state index is 13.6. The SMILES string of the molecule is CC1c2cc(F)ccc2CCN1C(=O)c1ccc(Cl)c(S(=O)(=O)N(C)C)c1. The summed E-state index contributed by atoms with van der Waals surface area (Å²) in [6.07, 6.45) is 0.613. The van der Waals surface area contributed by atoms with E-state index in [1.807, 2.05) is 6.92 Å². The smallest absolute Gasteiger partial charge is 0.254 e.